The van der Waals surface area contributed by atoms with Gasteiger partial charge >= 0.3 is 0 Å². The van der Waals surface area contributed by atoms with Crippen LogP contribution >= 0.6 is 11.6 Å². The standard InChI is InChI=1S/C21H23ClN2O2/c1-24-14-12-20(13-15-24)26-19-9-7-18(8-10-19)23-21(25)11-4-16-2-5-17(22)6-3-16/h2-11,20H,12-15H2,1H3,(H,23,25)/b11-4+. The number of halogens is 1. The summed E-state index contributed by atoms with van der Waals surface area (Å²) in [5.74, 6) is 0.665. The van der Waals surface area contributed by atoms with Crippen LogP contribution in [0.4, 0.5) is 5.69 Å². The van der Waals surface area contributed by atoms with Gasteiger partial charge in [-0.25, -0.2) is 0 Å². The summed E-state index contributed by atoms with van der Waals surface area (Å²) in [6.45, 7) is 2.14. The van der Waals surface area contributed by atoms with Crippen molar-refractivity contribution < 1.29 is 9.53 Å². The molecule has 5 heteroatoms. The molecule has 1 amide bonds. The number of nitrogens with zero attached hydrogens (tertiary/aromatic N) is 1. The van der Waals surface area contributed by atoms with E-state index in [1.807, 2.05) is 36.4 Å². The third-order valence-corrected chi connectivity index (χ3v) is 4.64. The van der Waals surface area contributed by atoms with E-state index in [0.29, 0.717) is 5.02 Å². The molecule has 0 saturated carbocycles. The number of rotatable bonds is 5. The minimum Gasteiger partial charge on any atom is -0.490 e. The van der Waals surface area contributed by atoms with Gasteiger partial charge in [0.2, 0.25) is 5.91 Å². The van der Waals surface area contributed by atoms with Crippen LogP contribution in [0.1, 0.15) is 18.4 Å². The van der Waals surface area contributed by atoms with E-state index in [0.717, 1.165) is 42.9 Å². The fraction of sp³-hybridized carbons (Fsp3) is 0.286. The second-order valence-electron chi connectivity index (χ2n) is 6.52. The summed E-state index contributed by atoms with van der Waals surface area (Å²) in [5, 5.41) is 3.52. The van der Waals surface area contributed by atoms with E-state index in [9.17, 15) is 4.79 Å². The average molecular weight is 371 g/mol. The molecule has 0 aromatic heterocycles. The summed E-state index contributed by atoms with van der Waals surface area (Å²) in [7, 11) is 2.13. The molecule has 0 radical (unpaired) electrons. The van der Waals surface area contributed by atoms with Crippen LogP contribution in [-0.2, 0) is 4.79 Å². The molecule has 1 aliphatic heterocycles. The fourth-order valence-corrected chi connectivity index (χ4v) is 2.97. The van der Waals surface area contributed by atoms with Gasteiger partial charge in [-0.15, -0.1) is 0 Å². The Labute approximate surface area is 159 Å². The number of nitrogens with one attached hydrogen (secondary N) is 1. The Hall–Kier alpha value is -2.30. The molecule has 0 bridgehead atoms. The number of likely N-dealkylation sites (tertiary alicyclic amines) is 1. The van der Waals surface area contributed by atoms with E-state index in [-0.39, 0.29) is 12.0 Å². The second kappa shape index (κ2) is 8.88. The molecule has 1 heterocycles. The first kappa shape index (κ1) is 18.5. The van der Waals surface area contributed by atoms with Gasteiger partial charge in [-0.3, -0.25) is 4.79 Å². The number of ether oxygens (including phenoxy) is 1. The van der Waals surface area contributed by atoms with Crippen molar-refractivity contribution >= 4 is 29.3 Å². The van der Waals surface area contributed by atoms with Gasteiger partial charge in [0.05, 0.1) is 0 Å². The topological polar surface area (TPSA) is 41.6 Å². The summed E-state index contributed by atoms with van der Waals surface area (Å²) in [5.41, 5.74) is 1.66. The maximum Gasteiger partial charge on any atom is 0.248 e. The predicted molar refractivity (Wildman–Crippen MR) is 107 cm³/mol. The van der Waals surface area contributed by atoms with Crippen LogP contribution in [0.5, 0.6) is 5.75 Å². The molecule has 2 aromatic carbocycles. The van der Waals surface area contributed by atoms with E-state index in [4.69, 9.17) is 16.3 Å². The maximum atomic E-state index is 12.0. The molecule has 3 rings (SSSR count). The monoisotopic (exact) mass is 370 g/mol. The number of amides is 1. The summed E-state index contributed by atoms with van der Waals surface area (Å²) in [6.07, 6.45) is 5.62. The summed E-state index contributed by atoms with van der Waals surface area (Å²) < 4.78 is 6.01. The Morgan fingerprint density at radius 1 is 1.12 bits per heavy atom. The lowest BCUT2D eigenvalue weighted by atomic mass is 10.1. The first-order valence-electron chi connectivity index (χ1n) is 8.78. The molecule has 4 nitrogen and oxygen atoms in total. The Kier molecular flexibility index (Phi) is 6.31. The maximum absolute atomic E-state index is 12.0. The zero-order valence-electron chi connectivity index (χ0n) is 14.8. The van der Waals surface area contributed by atoms with Gasteiger partial charge in [-0.1, -0.05) is 23.7 Å². The number of benzene rings is 2. The van der Waals surface area contributed by atoms with Crippen LogP contribution in [0.15, 0.2) is 54.6 Å². The number of piperidine rings is 1. The van der Waals surface area contributed by atoms with Crippen molar-refractivity contribution in [2.24, 2.45) is 0 Å². The lowest BCUT2D eigenvalue weighted by molar-refractivity contribution is -0.111. The quantitative estimate of drug-likeness (QED) is 0.790. The van der Waals surface area contributed by atoms with Crippen molar-refractivity contribution in [3.63, 3.8) is 0 Å². The van der Waals surface area contributed by atoms with Gasteiger partial charge in [0.15, 0.2) is 0 Å². The summed E-state index contributed by atoms with van der Waals surface area (Å²) in [4.78, 5) is 14.3. The largest absolute Gasteiger partial charge is 0.490 e. The van der Waals surface area contributed by atoms with Crippen molar-refractivity contribution in [1.29, 1.82) is 0 Å². The average Bonchev–Trinajstić information content (AvgIpc) is 2.65. The van der Waals surface area contributed by atoms with Gasteiger partial charge in [0.25, 0.3) is 0 Å². The molecule has 1 N–H and O–H groups in total. The molecule has 1 saturated heterocycles. The number of carbonyl (C=O) groups is 1. The lowest BCUT2D eigenvalue weighted by Gasteiger charge is -2.29. The molecule has 1 fully saturated rings. The summed E-state index contributed by atoms with van der Waals surface area (Å²) >= 11 is 5.85. The number of anilines is 1. The lowest BCUT2D eigenvalue weighted by Crippen LogP contribution is -2.35. The highest BCUT2D eigenvalue weighted by atomic mass is 35.5. The fourth-order valence-electron chi connectivity index (χ4n) is 2.84. The molecule has 0 aliphatic carbocycles. The zero-order valence-corrected chi connectivity index (χ0v) is 15.6. The molecule has 0 atom stereocenters. The first-order chi connectivity index (χ1) is 12.6. The van der Waals surface area contributed by atoms with Crippen LogP contribution in [0, 0.1) is 0 Å². The highest BCUT2D eigenvalue weighted by molar-refractivity contribution is 6.30. The molecule has 136 valence electrons. The third kappa shape index (κ3) is 5.61. The Morgan fingerprint density at radius 2 is 1.77 bits per heavy atom. The van der Waals surface area contributed by atoms with Gasteiger partial charge in [0, 0.05) is 29.9 Å². The van der Waals surface area contributed by atoms with Crippen LogP contribution in [0.3, 0.4) is 0 Å². The number of hydrogen-bond acceptors (Lipinski definition) is 3. The first-order valence-corrected chi connectivity index (χ1v) is 9.16. The molecule has 1 aliphatic rings. The molecule has 0 spiro atoms. The molecular formula is C21H23ClN2O2. The smallest absolute Gasteiger partial charge is 0.248 e. The minimum absolute atomic E-state index is 0.177. The van der Waals surface area contributed by atoms with Gasteiger partial charge in [-0.2, -0.15) is 0 Å². The van der Waals surface area contributed by atoms with Gasteiger partial charge < -0.3 is 15.0 Å². The van der Waals surface area contributed by atoms with Gasteiger partial charge in [-0.05, 0) is 67.9 Å². The van der Waals surface area contributed by atoms with E-state index in [1.165, 1.54) is 6.08 Å². The minimum atomic E-state index is -0.177. The SMILES string of the molecule is CN1CCC(Oc2ccc(NC(=O)/C=C/c3ccc(Cl)cc3)cc2)CC1. The van der Waals surface area contributed by atoms with E-state index >= 15 is 0 Å². The van der Waals surface area contributed by atoms with Crippen molar-refractivity contribution in [1.82, 2.24) is 4.90 Å². The second-order valence-corrected chi connectivity index (χ2v) is 6.96. The Morgan fingerprint density at radius 3 is 2.42 bits per heavy atom. The molecule has 2 aromatic rings. The third-order valence-electron chi connectivity index (χ3n) is 4.39. The van der Waals surface area contributed by atoms with Crippen LogP contribution in [0.2, 0.25) is 5.02 Å². The van der Waals surface area contributed by atoms with Crippen LogP contribution in [0.25, 0.3) is 6.08 Å². The van der Waals surface area contributed by atoms with Gasteiger partial charge in [0.1, 0.15) is 11.9 Å². The Balaban J connectivity index is 1.50. The normalized spacial score (nSPS) is 15.9. The van der Waals surface area contributed by atoms with Crippen molar-refractivity contribution in [3.05, 3.63) is 65.2 Å². The highest BCUT2D eigenvalue weighted by Crippen LogP contribution is 2.21. The van der Waals surface area contributed by atoms with Crippen molar-refractivity contribution in [2.45, 2.75) is 18.9 Å². The van der Waals surface area contributed by atoms with E-state index in [1.54, 1.807) is 18.2 Å². The zero-order chi connectivity index (χ0) is 18.4. The molecule has 0 unspecified atom stereocenters. The van der Waals surface area contributed by atoms with E-state index in [2.05, 4.69) is 17.3 Å². The highest BCUT2D eigenvalue weighted by Gasteiger charge is 2.17. The number of hydrogen-bond donors (Lipinski definition) is 1. The number of carbonyl (C=O) groups excluding carboxylic acids is 1. The van der Waals surface area contributed by atoms with Crippen molar-refractivity contribution in [2.75, 3.05) is 25.5 Å². The Bertz CT molecular complexity index is 749. The van der Waals surface area contributed by atoms with Crippen LogP contribution < -0.4 is 10.1 Å². The van der Waals surface area contributed by atoms with Crippen LogP contribution in [-0.4, -0.2) is 37.0 Å². The molecular weight excluding hydrogens is 348 g/mol. The van der Waals surface area contributed by atoms with E-state index < -0.39 is 0 Å². The predicted octanol–water partition coefficient (Wildman–Crippen LogP) is 4.46. The molecule has 26 heavy (non-hydrogen) atoms. The summed E-state index contributed by atoms with van der Waals surface area (Å²) in [6, 6.07) is 14.8. The van der Waals surface area contributed by atoms with Crippen molar-refractivity contribution in [3.8, 4) is 5.75 Å².